The van der Waals surface area contributed by atoms with E-state index in [2.05, 4.69) is 4.98 Å². The number of carbonyl (C=O) groups excluding carboxylic acids is 1. The molecule has 5 nitrogen and oxygen atoms in total. The van der Waals surface area contributed by atoms with Gasteiger partial charge < -0.3 is 10.7 Å². The fourth-order valence-electron chi connectivity index (χ4n) is 1.43. The molecule has 1 aliphatic rings. The maximum atomic E-state index is 11.7. The lowest BCUT2D eigenvalue weighted by Crippen LogP contribution is -2.35. The molecule has 0 spiro atoms. The monoisotopic (exact) mass is 195 g/mol. The van der Waals surface area contributed by atoms with E-state index >= 15 is 0 Å². The van der Waals surface area contributed by atoms with Crippen LogP contribution in [0.2, 0.25) is 0 Å². The number of aromatic amines is 1. The number of nitrogens with zero attached hydrogens (tertiary/aromatic N) is 1. The molecule has 14 heavy (non-hydrogen) atoms. The Kier molecular flexibility index (Phi) is 2.41. The van der Waals surface area contributed by atoms with Gasteiger partial charge in [-0.2, -0.15) is 0 Å². The molecule has 0 aliphatic carbocycles. The van der Waals surface area contributed by atoms with Gasteiger partial charge >= 0.3 is 0 Å². The molecular weight excluding hydrogens is 182 g/mol. The first-order valence-electron chi connectivity index (χ1n) is 4.66. The van der Waals surface area contributed by atoms with E-state index in [-0.39, 0.29) is 5.91 Å². The smallest absolute Gasteiger partial charge is 0.293 e. The Balaban J connectivity index is 2.07. The predicted octanol–water partition coefficient (Wildman–Crippen LogP) is 0.764. The van der Waals surface area contributed by atoms with Gasteiger partial charge in [0, 0.05) is 18.4 Å². The van der Waals surface area contributed by atoms with E-state index in [4.69, 9.17) is 10.6 Å². The Morgan fingerprint density at radius 1 is 1.57 bits per heavy atom. The van der Waals surface area contributed by atoms with Crippen LogP contribution in [0.15, 0.2) is 12.3 Å². The second kappa shape index (κ2) is 3.71. The van der Waals surface area contributed by atoms with Crippen molar-refractivity contribution in [2.45, 2.75) is 12.8 Å². The topological polar surface area (TPSA) is 71.4 Å². The van der Waals surface area contributed by atoms with Gasteiger partial charge in [-0.1, -0.05) is 0 Å². The van der Waals surface area contributed by atoms with Gasteiger partial charge in [-0.15, -0.1) is 0 Å². The zero-order valence-electron chi connectivity index (χ0n) is 7.82. The van der Waals surface area contributed by atoms with E-state index < -0.39 is 0 Å². The molecule has 0 saturated carbocycles. The van der Waals surface area contributed by atoms with Crippen molar-refractivity contribution in [1.82, 2.24) is 10.0 Å². The normalized spacial score (nSPS) is 17.0. The molecule has 1 saturated heterocycles. The third kappa shape index (κ3) is 1.72. The van der Waals surface area contributed by atoms with E-state index in [9.17, 15) is 4.79 Å². The number of nitrogens with two attached hydrogens (primary N) is 1. The minimum atomic E-state index is -0.151. The molecule has 1 aromatic rings. The SMILES string of the molecule is Nc1c[nH]c(C(=O)N2CCCCO2)c1. The lowest BCUT2D eigenvalue weighted by Gasteiger charge is -2.25. The summed E-state index contributed by atoms with van der Waals surface area (Å²) >= 11 is 0. The molecule has 0 radical (unpaired) electrons. The van der Waals surface area contributed by atoms with Crippen LogP contribution in [-0.4, -0.2) is 29.1 Å². The van der Waals surface area contributed by atoms with Crippen molar-refractivity contribution in [3.05, 3.63) is 18.0 Å². The highest BCUT2D eigenvalue weighted by Gasteiger charge is 2.20. The van der Waals surface area contributed by atoms with Gasteiger partial charge in [-0.3, -0.25) is 9.63 Å². The summed E-state index contributed by atoms with van der Waals surface area (Å²) < 4.78 is 0. The van der Waals surface area contributed by atoms with Crippen LogP contribution in [0.4, 0.5) is 5.69 Å². The number of carbonyl (C=O) groups is 1. The van der Waals surface area contributed by atoms with Crippen molar-refractivity contribution in [3.63, 3.8) is 0 Å². The first kappa shape index (κ1) is 9.08. The molecule has 0 atom stereocenters. The number of amides is 1. The van der Waals surface area contributed by atoms with Crippen LogP contribution in [0.1, 0.15) is 23.3 Å². The van der Waals surface area contributed by atoms with Gasteiger partial charge in [0.2, 0.25) is 0 Å². The number of H-pyrrole nitrogens is 1. The van der Waals surface area contributed by atoms with Crippen LogP contribution in [0.5, 0.6) is 0 Å². The Bertz CT molecular complexity index is 329. The average molecular weight is 195 g/mol. The van der Waals surface area contributed by atoms with Crippen LogP contribution >= 0.6 is 0 Å². The second-order valence-electron chi connectivity index (χ2n) is 3.29. The first-order chi connectivity index (χ1) is 6.77. The van der Waals surface area contributed by atoms with Crippen molar-refractivity contribution < 1.29 is 9.63 Å². The molecule has 1 aliphatic heterocycles. The summed E-state index contributed by atoms with van der Waals surface area (Å²) in [5.41, 5.74) is 6.54. The highest BCUT2D eigenvalue weighted by Crippen LogP contribution is 2.12. The van der Waals surface area contributed by atoms with Crippen molar-refractivity contribution >= 4 is 11.6 Å². The molecule has 1 amide bonds. The quantitative estimate of drug-likeness (QED) is 0.695. The number of nitrogens with one attached hydrogen (secondary N) is 1. The van der Waals surface area contributed by atoms with E-state index in [1.165, 1.54) is 5.06 Å². The maximum absolute atomic E-state index is 11.7. The van der Waals surface area contributed by atoms with E-state index in [0.717, 1.165) is 12.8 Å². The van der Waals surface area contributed by atoms with Crippen molar-refractivity contribution in [3.8, 4) is 0 Å². The van der Waals surface area contributed by atoms with Crippen LogP contribution in [0.25, 0.3) is 0 Å². The highest BCUT2D eigenvalue weighted by atomic mass is 16.7. The summed E-state index contributed by atoms with van der Waals surface area (Å²) in [6, 6.07) is 1.61. The largest absolute Gasteiger partial charge is 0.397 e. The van der Waals surface area contributed by atoms with Gasteiger partial charge in [0.1, 0.15) is 5.69 Å². The van der Waals surface area contributed by atoms with Gasteiger partial charge in [0.15, 0.2) is 0 Å². The third-order valence-corrected chi connectivity index (χ3v) is 2.16. The van der Waals surface area contributed by atoms with E-state index in [1.54, 1.807) is 12.3 Å². The highest BCUT2D eigenvalue weighted by molar-refractivity contribution is 5.92. The number of hydroxylamine groups is 2. The molecule has 1 aromatic heterocycles. The number of hydrogen-bond acceptors (Lipinski definition) is 3. The fraction of sp³-hybridized carbons (Fsp3) is 0.444. The van der Waals surface area contributed by atoms with E-state index in [0.29, 0.717) is 24.5 Å². The molecule has 5 heteroatoms. The summed E-state index contributed by atoms with van der Waals surface area (Å²) in [6.45, 7) is 1.26. The molecule has 3 N–H and O–H groups in total. The molecule has 2 heterocycles. The molecule has 1 fully saturated rings. The number of hydrogen-bond donors (Lipinski definition) is 2. The maximum Gasteiger partial charge on any atom is 0.293 e. The molecule has 76 valence electrons. The fourth-order valence-corrected chi connectivity index (χ4v) is 1.43. The molecular formula is C9H13N3O2. The van der Waals surface area contributed by atoms with Crippen LogP contribution in [-0.2, 0) is 4.84 Å². The summed E-state index contributed by atoms with van der Waals surface area (Å²) in [6.07, 6.45) is 3.59. The number of anilines is 1. The predicted molar refractivity (Wildman–Crippen MR) is 51.4 cm³/mol. The first-order valence-corrected chi connectivity index (χ1v) is 4.66. The molecule has 2 rings (SSSR count). The molecule has 0 bridgehead atoms. The minimum Gasteiger partial charge on any atom is -0.397 e. The Hall–Kier alpha value is -1.49. The van der Waals surface area contributed by atoms with Gasteiger partial charge in [0.25, 0.3) is 5.91 Å². The van der Waals surface area contributed by atoms with Crippen LogP contribution in [0.3, 0.4) is 0 Å². The summed E-state index contributed by atoms with van der Waals surface area (Å²) in [5, 5.41) is 1.38. The average Bonchev–Trinajstić information content (AvgIpc) is 2.65. The van der Waals surface area contributed by atoms with Gasteiger partial charge in [-0.05, 0) is 18.9 Å². The number of rotatable bonds is 1. The van der Waals surface area contributed by atoms with Gasteiger partial charge in [-0.25, -0.2) is 5.06 Å². The second-order valence-corrected chi connectivity index (χ2v) is 3.29. The summed E-state index contributed by atoms with van der Waals surface area (Å²) in [4.78, 5) is 19.8. The Morgan fingerprint density at radius 2 is 2.43 bits per heavy atom. The number of aromatic nitrogens is 1. The van der Waals surface area contributed by atoms with Crippen molar-refractivity contribution in [2.75, 3.05) is 18.9 Å². The zero-order chi connectivity index (χ0) is 9.97. The zero-order valence-corrected chi connectivity index (χ0v) is 7.82. The minimum absolute atomic E-state index is 0.151. The summed E-state index contributed by atoms with van der Waals surface area (Å²) in [5.74, 6) is -0.151. The van der Waals surface area contributed by atoms with Gasteiger partial charge in [0.05, 0.1) is 6.61 Å². The molecule has 0 unspecified atom stereocenters. The Morgan fingerprint density at radius 3 is 3.00 bits per heavy atom. The van der Waals surface area contributed by atoms with Crippen LogP contribution < -0.4 is 5.73 Å². The Labute approximate surface area is 81.8 Å². The lowest BCUT2D eigenvalue weighted by atomic mass is 10.3. The lowest BCUT2D eigenvalue weighted by molar-refractivity contribution is -0.144. The standard InChI is InChI=1S/C9H13N3O2/c10-7-5-8(11-6-7)9(13)12-3-1-2-4-14-12/h5-6,11H,1-4,10H2. The van der Waals surface area contributed by atoms with E-state index in [1.807, 2.05) is 0 Å². The van der Waals surface area contributed by atoms with Crippen molar-refractivity contribution in [1.29, 1.82) is 0 Å². The number of nitrogen functional groups attached to an aromatic ring is 1. The third-order valence-electron chi connectivity index (χ3n) is 2.16. The van der Waals surface area contributed by atoms with Crippen molar-refractivity contribution in [2.24, 2.45) is 0 Å². The summed E-state index contributed by atoms with van der Waals surface area (Å²) in [7, 11) is 0. The van der Waals surface area contributed by atoms with Crippen LogP contribution in [0, 0.1) is 0 Å². The molecule has 0 aromatic carbocycles.